The van der Waals surface area contributed by atoms with Crippen molar-refractivity contribution in [2.24, 2.45) is 0 Å². The maximum absolute atomic E-state index is 12.9. The van der Waals surface area contributed by atoms with Crippen molar-refractivity contribution in [3.63, 3.8) is 0 Å². The summed E-state index contributed by atoms with van der Waals surface area (Å²) in [7, 11) is 1.61. The Balaban J connectivity index is 1.58. The molecule has 0 saturated carbocycles. The maximum Gasteiger partial charge on any atom is 0.271 e. The number of nitrogens with zero attached hydrogens (tertiary/aromatic N) is 2. The third kappa shape index (κ3) is 4.08. The van der Waals surface area contributed by atoms with Crippen LogP contribution in [0.15, 0.2) is 59.7 Å². The number of carbonyl (C=O) groups excluding carboxylic acids is 1. The van der Waals surface area contributed by atoms with E-state index in [0.717, 1.165) is 21.8 Å². The lowest BCUT2D eigenvalue weighted by molar-refractivity contribution is -0.116. The number of anilines is 1. The first-order valence-electron chi connectivity index (χ1n) is 9.14. The molecule has 30 heavy (non-hydrogen) atoms. The van der Waals surface area contributed by atoms with Crippen molar-refractivity contribution < 1.29 is 9.53 Å². The molecule has 0 unspecified atom stereocenters. The summed E-state index contributed by atoms with van der Waals surface area (Å²) in [5.41, 5.74) is 2.82. The Morgan fingerprint density at radius 2 is 1.97 bits per heavy atom. The zero-order valence-electron chi connectivity index (χ0n) is 16.3. The van der Waals surface area contributed by atoms with Crippen molar-refractivity contribution >= 4 is 44.7 Å². The molecular formula is C22H18ClN3O3S. The van der Waals surface area contributed by atoms with Crippen LogP contribution in [0.4, 0.5) is 5.69 Å². The number of aryl methyl sites for hydroxylation is 1. The number of amides is 1. The lowest BCUT2D eigenvalue weighted by atomic mass is 10.2. The normalized spacial score (nSPS) is 10.9. The van der Waals surface area contributed by atoms with E-state index in [-0.39, 0.29) is 18.0 Å². The Morgan fingerprint density at radius 3 is 2.67 bits per heavy atom. The van der Waals surface area contributed by atoms with E-state index >= 15 is 0 Å². The van der Waals surface area contributed by atoms with Crippen LogP contribution in [0, 0.1) is 6.92 Å². The summed E-state index contributed by atoms with van der Waals surface area (Å²) in [5, 5.41) is 3.19. The van der Waals surface area contributed by atoms with Gasteiger partial charge in [-0.3, -0.25) is 14.2 Å². The summed E-state index contributed by atoms with van der Waals surface area (Å²) < 4.78 is 6.99. The number of benzene rings is 2. The zero-order valence-corrected chi connectivity index (χ0v) is 17.9. The molecule has 8 heteroatoms. The molecule has 0 aliphatic rings. The van der Waals surface area contributed by atoms with Gasteiger partial charge >= 0.3 is 0 Å². The lowest BCUT2D eigenvalue weighted by Crippen LogP contribution is -2.27. The first kappa shape index (κ1) is 20.1. The van der Waals surface area contributed by atoms with E-state index in [1.807, 2.05) is 43.3 Å². The first-order valence-corrected chi connectivity index (χ1v) is 10.3. The Morgan fingerprint density at radius 1 is 1.20 bits per heavy atom. The van der Waals surface area contributed by atoms with Gasteiger partial charge in [-0.1, -0.05) is 17.7 Å². The molecule has 2 heterocycles. The molecule has 0 radical (unpaired) electrons. The van der Waals surface area contributed by atoms with Crippen LogP contribution >= 0.6 is 22.9 Å². The van der Waals surface area contributed by atoms with E-state index in [1.54, 1.807) is 19.2 Å². The fourth-order valence-electron chi connectivity index (χ4n) is 3.02. The summed E-state index contributed by atoms with van der Waals surface area (Å²) in [5.74, 6) is 0.413. The summed E-state index contributed by atoms with van der Waals surface area (Å²) >= 11 is 7.51. The van der Waals surface area contributed by atoms with Gasteiger partial charge in [-0.15, -0.1) is 11.3 Å². The van der Waals surface area contributed by atoms with Crippen molar-refractivity contribution in [1.82, 2.24) is 9.55 Å². The zero-order chi connectivity index (χ0) is 21.3. The van der Waals surface area contributed by atoms with E-state index in [2.05, 4.69) is 10.3 Å². The van der Waals surface area contributed by atoms with Crippen LogP contribution in [0.1, 0.15) is 5.56 Å². The van der Waals surface area contributed by atoms with E-state index in [1.165, 1.54) is 22.2 Å². The number of methoxy groups -OCH3 is 1. The third-order valence-electron chi connectivity index (χ3n) is 4.59. The molecule has 0 atom stereocenters. The second-order valence-corrected chi connectivity index (χ2v) is 8.22. The van der Waals surface area contributed by atoms with Crippen molar-refractivity contribution in [3.05, 3.63) is 75.8 Å². The van der Waals surface area contributed by atoms with E-state index in [9.17, 15) is 9.59 Å². The fourth-order valence-corrected chi connectivity index (χ4v) is 4.37. The number of fused-ring (bicyclic) bond motifs is 1. The van der Waals surface area contributed by atoms with Crippen molar-refractivity contribution in [3.8, 4) is 16.2 Å². The highest BCUT2D eigenvalue weighted by molar-refractivity contribution is 7.22. The maximum atomic E-state index is 12.9. The highest BCUT2D eigenvalue weighted by atomic mass is 35.5. The van der Waals surface area contributed by atoms with Gasteiger partial charge in [0.25, 0.3) is 5.56 Å². The average Bonchev–Trinajstić information content (AvgIpc) is 3.17. The van der Waals surface area contributed by atoms with Gasteiger partial charge in [-0.25, -0.2) is 4.98 Å². The Kier molecular flexibility index (Phi) is 5.57. The topological polar surface area (TPSA) is 73.2 Å². The van der Waals surface area contributed by atoms with Gasteiger partial charge in [-0.2, -0.15) is 0 Å². The molecule has 2 aromatic carbocycles. The smallest absolute Gasteiger partial charge is 0.271 e. The highest BCUT2D eigenvalue weighted by Crippen LogP contribution is 2.31. The predicted molar refractivity (Wildman–Crippen MR) is 121 cm³/mol. The minimum absolute atomic E-state index is 0.151. The number of ether oxygens (including phenoxy) is 1. The number of hydrogen-bond acceptors (Lipinski definition) is 5. The van der Waals surface area contributed by atoms with Crippen LogP contribution in [-0.2, 0) is 11.3 Å². The predicted octanol–water partition coefficient (Wildman–Crippen LogP) is 4.73. The van der Waals surface area contributed by atoms with Crippen molar-refractivity contribution in [2.45, 2.75) is 13.5 Å². The fraction of sp³-hybridized carbons (Fsp3) is 0.136. The summed E-state index contributed by atoms with van der Waals surface area (Å²) in [6, 6.07) is 14.8. The van der Waals surface area contributed by atoms with E-state index in [0.29, 0.717) is 20.9 Å². The Hall–Kier alpha value is -3.16. The van der Waals surface area contributed by atoms with Gasteiger partial charge in [0.05, 0.1) is 29.7 Å². The summed E-state index contributed by atoms with van der Waals surface area (Å²) in [4.78, 5) is 30.6. The summed E-state index contributed by atoms with van der Waals surface area (Å²) in [6.45, 7) is 1.76. The molecule has 1 N–H and O–H groups in total. The number of nitrogens with one attached hydrogen (secondary N) is 1. The molecule has 0 bridgehead atoms. The number of thiophene rings is 1. The second kappa shape index (κ2) is 8.30. The van der Waals surface area contributed by atoms with Gasteiger partial charge in [0, 0.05) is 4.88 Å². The van der Waals surface area contributed by atoms with Crippen molar-refractivity contribution in [2.75, 3.05) is 12.4 Å². The molecule has 4 aromatic rings. The Bertz CT molecular complexity index is 1300. The molecule has 1 amide bonds. The lowest BCUT2D eigenvalue weighted by Gasteiger charge is -2.09. The highest BCUT2D eigenvalue weighted by Gasteiger charge is 2.13. The number of halogens is 1. The van der Waals surface area contributed by atoms with Gasteiger partial charge in [0.2, 0.25) is 5.91 Å². The van der Waals surface area contributed by atoms with Crippen LogP contribution in [0.5, 0.6) is 5.75 Å². The Labute approximate surface area is 181 Å². The largest absolute Gasteiger partial charge is 0.497 e. The number of aromatic nitrogens is 2. The quantitative estimate of drug-likeness (QED) is 0.487. The molecule has 6 nitrogen and oxygen atoms in total. The molecule has 2 aromatic heterocycles. The van der Waals surface area contributed by atoms with Crippen molar-refractivity contribution in [1.29, 1.82) is 0 Å². The monoisotopic (exact) mass is 439 g/mol. The molecule has 0 aliphatic heterocycles. The first-order chi connectivity index (χ1) is 14.4. The van der Waals surface area contributed by atoms with Crippen LogP contribution in [-0.4, -0.2) is 22.6 Å². The SMILES string of the molecule is COc1ccc(-c2cc3ncn(CC(=O)Nc4ccc(C)cc4Cl)c(=O)c3s2)cc1. The average molecular weight is 440 g/mol. The number of carbonyl (C=O) groups is 1. The molecular weight excluding hydrogens is 422 g/mol. The van der Waals surface area contributed by atoms with Crippen LogP contribution < -0.4 is 15.6 Å². The molecule has 152 valence electrons. The van der Waals surface area contributed by atoms with Gasteiger partial charge < -0.3 is 10.1 Å². The molecule has 0 aliphatic carbocycles. The summed E-state index contributed by atoms with van der Waals surface area (Å²) in [6.07, 6.45) is 1.39. The molecule has 0 fully saturated rings. The van der Waals surface area contributed by atoms with E-state index < -0.39 is 0 Å². The number of rotatable bonds is 5. The third-order valence-corrected chi connectivity index (χ3v) is 6.07. The van der Waals surface area contributed by atoms with Gasteiger partial charge in [0.1, 0.15) is 17.0 Å². The minimum Gasteiger partial charge on any atom is -0.497 e. The van der Waals surface area contributed by atoms with E-state index in [4.69, 9.17) is 16.3 Å². The molecule has 4 rings (SSSR count). The molecule has 0 spiro atoms. The minimum atomic E-state index is -0.351. The van der Waals surface area contributed by atoms with Gasteiger partial charge in [0.15, 0.2) is 0 Å². The van der Waals surface area contributed by atoms with Gasteiger partial charge in [-0.05, 0) is 60.5 Å². The van der Waals surface area contributed by atoms with Crippen LogP contribution in [0.2, 0.25) is 5.02 Å². The second-order valence-electron chi connectivity index (χ2n) is 6.76. The van der Waals surface area contributed by atoms with Crippen LogP contribution in [0.3, 0.4) is 0 Å². The number of hydrogen-bond donors (Lipinski definition) is 1. The standard InChI is InChI=1S/C22H18ClN3O3S/c1-13-3-8-17(16(23)9-13)25-20(27)11-26-12-24-18-10-19(30-21(18)22(26)28)14-4-6-15(29-2)7-5-14/h3-10,12H,11H2,1-2H3,(H,25,27). The van der Waals surface area contributed by atoms with Crippen LogP contribution in [0.25, 0.3) is 20.7 Å². The molecule has 0 saturated heterocycles.